The number of aldehydes is 1. The van der Waals surface area contributed by atoms with E-state index < -0.39 is 0 Å². The van der Waals surface area contributed by atoms with Gasteiger partial charge in [-0.05, 0) is 24.0 Å². The average molecular weight is 191 g/mol. The fraction of sp³-hybridized carbons (Fsp3) is 0.200. The predicted octanol–water partition coefficient (Wildman–Crippen LogP) is 2.48. The predicted molar refractivity (Wildman–Crippen MR) is 52.9 cm³/mol. The molecule has 0 aliphatic carbocycles. The molecule has 0 N–H and O–H groups in total. The van der Waals surface area contributed by atoms with E-state index in [4.69, 9.17) is 5.26 Å². The van der Waals surface area contributed by atoms with Gasteiger partial charge >= 0.3 is 0 Å². The van der Waals surface area contributed by atoms with Gasteiger partial charge in [-0.25, -0.2) is 0 Å². The number of carbonyl (C=O) groups is 1. The number of benzene rings is 1. The van der Waals surface area contributed by atoms with Gasteiger partial charge < -0.3 is 0 Å². The van der Waals surface area contributed by atoms with E-state index in [1.54, 1.807) is 23.9 Å². The first-order chi connectivity index (χ1) is 6.31. The third-order valence-corrected chi connectivity index (χ3v) is 2.54. The molecule has 1 aromatic carbocycles. The Morgan fingerprint density at radius 3 is 2.92 bits per heavy atom. The van der Waals surface area contributed by atoms with E-state index in [0.29, 0.717) is 11.1 Å². The summed E-state index contributed by atoms with van der Waals surface area (Å²) < 4.78 is 0. The monoisotopic (exact) mass is 191 g/mol. The molecule has 1 rings (SSSR count). The third-order valence-electron chi connectivity index (χ3n) is 1.57. The molecule has 13 heavy (non-hydrogen) atoms. The Hall–Kier alpha value is -1.27. The van der Waals surface area contributed by atoms with Gasteiger partial charge in [0, 0.05) is 10.5 Å². The molecule has 0 amide bonds. The summed E-state index contributed by atoms with van der Waals surface area (Å²) in [5.74, 6) is 0.923. The quantitative estimate of drug-likeness (QED) is 0.544. The van der Waals surface area contributed by atoms with Crippen molar-refractivity contribution in [2.24, 2.45) is 0 Å². The van der Waals surface area contributed by atoms with Crippen molar-refractivity contribution in [3.05, 3.63) is 29.3 Å². The van der Waals surface area contributed by atoms with Crippen LogP contribution in [0, 0.1) is 11.3 Å². The highest BCUT2D eigenvalue weighted by Crippen LogP contribution is 2.21. The van der Waals surface area contributed by atoms with Gasteiger partial charge in [0.05, 0.1) is 11.6 Å². The van der Waals surface area contributed by atoms with Crippen LogP contribution in [0.4, 0.5) is 0 Å². The standard InChI is InChI=1S/C10H9NOS/c1-2-13-10-4-3-8(6-11)5-9(10)7-12/h3-5,7H,2H2,1H3. The average Bonchev–Trinajstić information content (AvgIpc) is 2.19. The SMILES string of the molecule is CCSc1ccc(C#N)cc1C=O. The number of carbonyl (C=O) groups excluding carboxylic acids is 1. The summed E-state index contributed by atoms with van der Waals surface area (Å²) in [6.45, 7) is 2.03. The van der Waals surface area contributed by atoms with Gasteiger partial charge in [-0.1, -0.05) is 6.92 Å². The van der Waals surface area contributed by atoms with E-state index in [-0.39, 0.29) is 0 Å². The zero-order chi connectivity index (χ0) is 9.68. The molecule has 2 nitrogen and oxygen atoms in total. The lowest BCUT2D eigenvalue weighted by molar-refractivity contribution is 0.112. The normalized spacial score (nSPS) is 9.23. The number of nitrogens with zero attached hydrogens (tertiary/aromatic N) is 1. The van der Waals surface area contributed by atoms with Crippen LogP contribution in [0.15, 0.2) is 23.1 Å². The Morgan fingerprint density at radius 1 is 1.62 bits per heavy atom. The highest BCUT2D eigenvalue weighted by molar-refractivity contribution is 7.99. The van der Waals surface area contributed by atoms with Crippen LogP contribution >= 0.6 is 11.8 Å². The maximum absolute atomic E-state index is 10.6. The van der Waals surface area contributed by atoms with Gasteiger partial charge in [0.25, 0.3) is 0 Å². The van der Waals surface area contributed by atoms with E-state index in [1.807, 2.05) is 19.1 Å². The van der Waals surface area contributed by atoms with E-state index in [0.717, 1.165) is 16.9 Å². The minimum atomic E-state index is 0.530. The van der Waals surface area contributed by atoms with E-state index in [9.17, 15) is 4.79 Å². The second-order valence-corrected chi connectivity index (χ2v) is 3.72. The fourth-order valence-corrected chi connectivity index (χ4v) is 1.75. The number of hydrogen-bond acceptors (Lipinski definition) is 3. The molecule has 3 heteroatoms. The highest BCUT2D eigenvalue weighted by atomic mass is 32.2. The van der Waals surface area contributed by atoms with Crippen LogP contribution < -0.4 is 0 Å². The van der Waals surface area contributed by atoms with Crippen molar-refractivity contribution in [2.45, 2.75) is 11.8 Å². The van der Waals surface area contributed by atoms with Crippen molar-refractivity contribution in [2.75, 3.05) is 5.75 Å². The van der Waals surface area contributed by atoms with Crippen LogP contribution in [0.3, 0.4) is 0 Å². The molecular formula is C10H9NOS. The lowest BCUT2D eigenvalue weighted by Crippen LogP contribution is -1.87. The van der Waals surface area contributed by atoms with Gasteiger partial charge in [-0.15, -0.1) is 11.8 Å². The molecule has 0 saturated carbocycles. The Morgan fingerprint density at radius 2 is 2.38 bits per heavy atom. The van der Waals surface area contributed by atoms with Gasteiger partial charge in [0.2, 0.25) is 0 Å². The lowest BCUT2D eigenvalue weighted by Gasteiger charge is -2.01. The molecular weight excluding hydrogens is 182 g/mol. The van der Waals surface area contributed by atoms with Crippen molar-refractivity contribution >= 4 is 18.0 Å². The number of thioether (sulfide) groups is 1. The van der Waals surface area contributed by atoms with Crippen LogP contribution in [0.25, 0.3) is 0 Å². The minimum absolute atomic E-state index is 0.530. The molecule has 1 aromatic rings. The minimum Gasteiger partial charge on any atom is -0.298 e. The second kappa shape index (κ2) is 4.68. The molecule has 0 aliphatic heterocycles. The molecule has 0 spiro atoms. The topological polar surface area (TPSA) is 40.9 Å². The van der Waals surface area contributed by atoms with Crippen molar-refractivity contribution < 1.29 is 4.79 Å². The van der Waals surface area contributed by atoms with Crippen LogP contribution in [-0.2, 0) is 0 Å². The molecule has 0 heterocycles. The maximum atomic E-state index is 10.6. The molecule has 0 aromatic heterocycles. The molecule has 66 valence electrons. The Kier molecular flexibility index (Phi) is 3.53. The number of rotatable bonds is 3. The van der Waals surface area contributed by atoms with E-state index >= 15 is 0 Å². The summed E-state index contributed by atoms with van der Waals surface area (Å²) in [5.41, 5.74) is 1.13. The van der Waals surface area contributed by atoms with Gasteiger partial charge in [0.1, 0.15) is 0 Å². The smallest absolute Gasteiger partial charge is 0.151 e. The molecule has 0 saturated heterocycles. The summed E-state index contributed by atoms with van der Waals surface area (Å²) in [7, 11) is 0. The summed E-state index contributed by atoms with van der Waals surface area (Å²) >= 11 is 1.61. The number of hydrogen-bond donors (Lipinski definition) is 0. The maximum Gasteiger partial charge on any atom is 0.151 e. The van der Waals surface area contributed by atoms with Crippen molar-refractivity contribution in [3.8, 4) is 6.07 Å². The molecule has 0 aliphatic rings. The van der Waals surface area contributed by atoms with E-state index in [2.05, 4.69) is 0 Å². The van der Waals surface area contributed by atoms with Crippen LogP contribution in [0.2, 0.25) is 0 Å². The van der Waals surface area contributed by atoms with Crippen molar-refractivity contribution in [1.82, 2.24) is 0 Å². The van der Waals surface area contributed by atoms with Gasteiger partial charge in [0.15, 0.2) is 6.29 Å². The van der Waals surface area contributed by atoms with E-state index in [1.165, 1.54) is 0 Å². The molecule has 0 atom stereocenters. The van der Waals surface area contributed by atoms with Gasteiger partial charge in [-0.2, -0.15) is 5.26 Å². The Bertz CT molecular complexity index is 354. The first-order valence-corrected chi connectivity index (χ1v) is 4.92. The second-order valence-electron chi connectivity index (χ2n) is 2.42. The van der Waals surface area contributed by atoms with Crippen molar-refractivity contribution in [3.63, 3.8) is 0 Å². The highest BCUT2D eigenvalue weighted by Gasteiger charge is 2.02. The Labute approximate surface area is 81.6 Å². The molecule has 0 radical (unpaired) electrons. The third kappa shape index (κ3) is 2.33. The van der Waals surface area contributed by atoms with Crippen LogP contribution in [-0.4, -0.2) is 12.0 Å². The largest absolute Gasteiger partial charge is 0.298 e. The summed E-state index contributed by atoms with van der Waals surface area (Å²) in [4.78, 5) is 11.6. The van der Waals surface area contributed by atoms with Crippen LogP contribution in [0.1, 0.15) is 22.8 Å². The number of nitriles is 1. The summed E-state index contributed by atoms with van der Waals surface area (Å²) in [6.07, 6.45) is 0.791. The first-order valence-electron chi connectivity index (χ1n) is 3.94. The first kappa shape index (κ1) is 9.82. The summed E-state index contributed by atoms with van der Waals surface area (Å²) in [5, 5.41) is 8.61. The lowest BCUT2D eigenvalue weighted by atomic mass is 10.1. The zero-order valence-corrected chi connectivity index (χ0v) is 8.10. The Balaban J connectivity index is 3.09. The molecule has 0 unspecified atom stereocenters. The van der Waals surface area contributed by atoms with Crippen molar-refractivity contribution in [1.29, 1.82) is 5.26 Å². The molecule has 0 fully saturated rings. The summed E-state index contributed by atoms with van der Waals surface area (Å²) in [6, 6.07) is 7.16. The van der Waals surface area contributed by atoms with Gasteiger partial charge in [-0.3, -0.25) is 4.79 Å². The zero-order valence-electron chi connectivity index (χ0n) is 7.28. The fourth-order valence-electron chi connectivity index (χ4n) is 0.997. The van der Waals surface area contributed by atoms with Crippen LogP contribution in [0.5, 0.6) is 0 Å². The molecule has 0 bridgehead atoms.